The molecule has 39 heavy (non-hydrogen) atoms. The highest BCUT2D eigenvalue weighted by atomic mass is 19.4. The lowest BCUT2D eigenvalue weighted by Gasteiger charge is -2.34. The van der Waals surface area contributed by atoms with Crippen molar-refractivity contribution in [1.82, 2.24) is 25.1 Å². The fourth-order valence-corrected chi connectivity index (χ4v) is 5.41. The molecule has 1 aromatic heterocycles. The molecule has 2 amide bonds. The highest BCUT2D eigenvalue weighted by Crippen LogP contribution is 2.38. The standard InChI is InChI=1S/C28H37F3N6O2/c1-4-36-12-14-37(15-13-36)26(39)19-8-10-21(11-9-19)34-27-32-17-23(28(29,30)31)24(35-27)16-20-6-5-7-22(20)25(38)33-18(2)3/h8-11,17-18,20,22H,4-7,12-16H2,1-3H3,(H,33,38)(H,32,34,35)/t20-,22-/m0/s1. The summed E-state index contributed by atoms with van der Waals surface area (Å²) >= 11 is 0. The Hall–Kier alpha value is -3.21. The van der Waals surface area contributed by atoms with Crippen LogP contribution in [-0.4, -0.2) is 70.3 Å². The molecule has 2 heterocycles. The van der Waals surface area contributed by atoms with E-state index in [0.717, 1.165) is 32.3 Å². The lowest BCUT2D eigenvalue weighted by atomic mass is 9.89. The van der Waals surface area contributed by atoms with E-state index in [4.69, 9.17) is 0 Å². The Morgan fingerprint density at radius 3 is 2.38 bits per heavy atom. The molecular weight excluding hydrogens is 509 g/mol. The molecule has 2 N–H and O–H groups in total. The van der Waals surface area contributed by atoms with Crippen LogP contribution in [0.1, 0.15) is 61.6 Å². The lowest BCUT2D eigenvalue weighted by Crippen LogP contribution is -2.48. The number of carbonyl (C=O) groups is 2. The molecule has 0 bridgehead atoms. The summed E-state index contributed by atoms with van der Waals surface area (Å²) < 4.78 is 41.4. The fraction of sp³-hybridized carbons (Fsp3) is 0.571. The van der Waals surface area contributed by atoms with Gasteiger partial charge in [-0.1, -0.05) is 13.3 Å². The van der Waals surface area contributed by atoms with Crippen LogP contribution in [0.3, 0.4) is 0 Å². The van der Waals surface area contributed by atoms with Crippen molar-refractivity contribution in [3.8, 4) is 0 Å². The zero-order valence-electron chi connectivity index (χ0n) is 22.7. The van der Waals surface area contributed by atoms with Crippen LogP contribution < -0.4 is 10.6 Å². The van der Waals surface area contributed by atoms with E-state index in [0.29, 0.717) is 37.2 Å². The summed E-state index contributed by atoms with van der Waals surface area (Å²) in [5.74, 6) is -0.686. The van der Waals surface area contributed by atoms with Crippen molar-refractivity contribution in [2.45, 2.75) is 58.7 Å². The maximum absolute atomic E-state index is 13.8. The van der Waals surface area contributed by atoms with Gasteiger partial charge in [0.05, 0.1) is 11.3 Å². The normalized spacial score (nSPS) is 20.3. The number of amides is 2. The van der Waals surface area contributed by atoms with E-state index in [1.807, 2.05) is 18.7 Å². The third kappa shape index (κ3) is 7.26. The maximum atomic E-state index is 13.8. The Kier molecular flexibility index (Phi) is 9.09. The van der Waals surface area contributed by atoms with E-state index in [1.54, 1.807) is 24.3 Å². The molecule has 0 spiro atoms. The summed E-state index contributed by atoms with van der Waals surface area (Å²) in [7, 11) is 0. The van der Waals surface area contributed by atoms with Gasteiger partial charge in [-0.15, -0.1) is 0 Å². The van der Waals surface area contributed by atoms with Crippen molar-refractivity contribution >= 4 is 23.5 Å². The number of rotatable bonds is 8. The second-order valence-corrected chi connectivity index (χ2v) is 10.6. The van der Waals surface area contributed by atoms with Gasteiger partial charge in [0.1, 0.15) is 0 Å². The molecule has 8 nitrogen and oxygen atoms in total. The minimum absolute atomic E-state index is 0.0349. The number of piperazine rings is 1. The number of aromatic nitrogens is 2. The van der Waals surface area contributed by atoms with Gasteiger partial charge in [0.25, 0.3) is 5.91 Å². The molecule has 1 saturated heterocycles. The molecule has 4 rings (SSSR count). The van der Waals surface area contributed by atoms with Crippen LogP contribution in [0.25, 0.3) is 0 Å². The second-order valence-electron chi connectivity index (χ2n) is 10.6. The third-order valence-corrected chi connectivity index (χ3v) is 7.55. The number of likely N-dealkylation sites (N-methyl/N-ethyl adjacent to an activating group) is 1. The smallest absolute Gasteiger partial charge is 0.354 e. The lowest BCUT2D eigenvalue weighted by molar-refractivity contribution is -0.138. The Labute approximate surface area is 227 Å². The van der Waals surface area contributed by atoms with Gasteiger partial charge in [-0.25, -0.2) is 9.97 Å². The van der Waals surface area contributed by atoms with Gasteiger partial charge in [-0.3, -0.25) is 9.59 Å². The zero-order chi connectivity index (χ0) is 28.2. The molecule has 1 aliphatic heterocycles. The van der Waals surface area contributed by atoms with Crippen LogP contribution in [-0.2, 0) is 17.4 Å². The quantitative estimate of drug-likeness (QED) is 0.507. The molecule has 212 valence electrons. The van der Waals surface area contributed by atoms with Gasteiger partial charge < -0.3 is 20.4 Å². The summed E-state index contributed by atoms with van der Waals surface area (Å²) in [4.78, 5) is 37.8. The summed E-state index contributed by atoms with van der Waals surface area (Å²) in [5, 5.41) is 5.86. The van der Waals surface area contributed by atoms with Gasteiger partial charge in [-0.05, 0) is 69.8 Å². The van der Waals surface area contributed by atoms with Gasteiger partial charge in [-0.2, -0.15) is 13.2 Å². The predicted octanol–water partition coefficient (Wildman–Crippen LogP) is 4.50. The van der Waals surface area contributed by atoms with Crippen LogP contribution in [0.5, 0.6) is 0 Å². The molecule has 2 aromatic rings. The number of nitrogens with zero attached hydrogens (tertiary/aromatic N) is 4. The monoisotopic (exact) mass is 546 g/mol. The number of nitrogens with one attached hydrogen (secondary N) is 2. The molecule has 11 heteroatoms. The van der Waals surface area contributed by atoms with E-state index in [1.165, 1.54) is 0 Å². The molecule has 2 aliphatic rings. The minimum atomic E-state index is -4.60. The van der Waals surface area contributed by atoms with Crippen LogP contribution in [0.15, 0.2) is 30.5 Å². The van der Waals surface area contributed by atoms with Gasteiger partial charge >= 0.3 is 6.18 Å². The van der Waals surface area contributed by atoms with E-state index in [9.17, 15) is 22.8 Å². The number of anilines is 2. The molecule has 2 fully saturated rings. The van der Waals surface area contributed by atoms with Gasteiger partial charge in [0.2, 0.25) is 11.9 Å². The Morgan fingerprint density at radius 2 is 1.77 bits per heavy atom. The summed E-state index contributed by atoms with van der Waals surface area (Å²) in [6.45, 7) is 9.84. The van der Waals surface area contributed by atoms with E-state index >= 15 is 0 Å². The van der Waals surface area contributed by atoms with Gasteiger partial charge in [0, 0.05) is 55.6 Å². The first-order chi connectivity index (χ1) is 18.5. The maximum Gasteiger partial charge on any atom is 0.419 e. The molecule has 2 atom stereocenters. The Morgan fingerprint density at radius 1 is 1.08 bits per heavy atom. The molecule has 1 aliphatic carbocycles. The Bertz CT molecular complexity index is 1150. The van der Waals surface area contributed by atoms with Crippen molar-refractivity contribution in [3.63, 3.8) is 0 Å². The molecule has 1 saturated carbocycles. The molecule has 1 aromatic carbocycles. The zero-order valence-corrected chi connectivity index (χ0v) is 22.7. The fourth-order valence-electron chi connectivity index (χ4n) is 5.41. The topological polar surface area (TPSA) is 90.5 Å². The van der Waals surface area contributed by atoms with Crippen molar-refractivity contribution in [1.29, 1.82) is 0 Å². The second kappa shape index (κ2) is 12.3. The first-order valence-electron chi connectivity index (χ1n) is 13.7. The molecular formula is C28H37F3N6O2. The summed E-state index contributed by atoms with van der Waals surface area (Å²) in [6, 6.07) is 6.74. The van der Waals surface area contributed by atoms with Crippen LogP contribution in [0.4, 0.5) is 24.8 Å². The number of alkyl halides is 3. The van der Waals surface area contributed by atoms with Crippen molar-refractivity contribution in [2.75, 3.05) is 38.0 Å². The number of hydrogen-bond acceptors (Lipinski definition) is 6. The predicted molar refractivity (Wildman–Crippen MR) is 143 cm³/mol. The minimum Gasteiger partial charge on any atom is -0.354 e. The van der Waals surface area contributed by atoms with E-state index in [2.05, 4.69) is 32.4 Å². The average Bonchev–Trinajstić information content (AvgIpc) is 3.36. The van der Waals surface area contributed by atoms with Crippen LogP contribution in [0, 0.1) is 11.8 Å². The summed E-state index contributed by atoms with van der Waals surface area (Å²) in [6.07, 6.45) is -1.65. The highest BCUT2D eigenvalue weighted by molar-refractivity contribution is 5.94. The van der Waals surface area contributed by atoms with Gasteiger partial charge in [0.15, 0.2) is 0 Å². The summed E-state index contributed by atoms with van der Waals surface area (Å²) in [5.41, 5.74) is 0.105. The third-order valence-electron chi connectivity index (χ3n) is 7.55. The number of benzene rings is 1. The average molecular weight is 547 g/mol. The van der Waals surface area contributed by atoms with Crippen molar-refractivity contribution in [3.05, 3.63) is 47.3 Å². The first-order valence-corrected chi connectivity index (χ1v) is 13.7. The number of hydrogen-bond donors (Lipinski definition) is 2. The number of carbonyl (C=O) groups excluding carboxylic acids is 2. The van der Waals surface area contributed by atoms with E-state index < -0.39 is 11.7 Å². The van der Waals surface area contributed by atoms with Crippen LogP contribution in [0.2, 0.25) is 0 Å². The van der Waals surface area contributed by atoms with Crippen LogP contribution >= 0.6 is 0 Å². The Balaban J connectivity index is 1.47. The number of halogens is 3. The molecule has 0 unspecified atom stereocenters. The highest BCUT2D eigenvalue weighted by Gasteiger charge is 2.39. The largest absolute Gasteiger partial charge is 0.419 e. The van der Waals surface area contributed by atoms with Crippen molar-refractivity contribution < 1.29 is 22.8 Å². The van der Waals surface area contributed by atoms with Crippen molar-refractivity contribution in [2.24, 2.45) is 11.8 Å². The SMILES string of the molecule is CCN1CCN(C(=O)c2ccc(Nc3ncc(C(F)(F)F)c(C[C@@H]4CCC[C@@H]4C(=O)NC(C)C)n3)cc2)CC1. The molecule has 0 radical (unpaired) electrons. The van der Waals surface area contributed by atoms with E-state index in [-0.39, 0.29) is 47.8 Å². The first kappa shape index (κ1) is 28.8.